The second-order valence-electron chi connectivity index (χ2n) is 6.46. The van der Waals surface area contributed by atoms with Gasteiger partial charge in [0.05, 0.1) is 6.42 Å². The molecule has 0 spiro atoms. The topological polar surface area (TPSA) is 49.4 Å². The van der Waals surface area contributed by atoms with Gasteiger partial charge in [-0.05, 0) is 31.9 Å². The van der Waals surface area contributed by atoms with Gasteiger partial charge in [-0.25, -0.2) is 0 Å². The van der Waals surface area contributed by atoms with Crippen LogP contribution < -0.4 is 5.32 Å². The molecule has 4 nitrogen and oxygen atoms in total. The first-order valence-corrected chi connectivity index (χ1v) is 8.53. The highest BCUT2D eigenvalue weighted by Crippen LogP contribution is 2.14. The van der Waals surface area contributed by atoms with Crippen LogP contribution in [0.25, 0.3) is 0 Å². The first kappa shape index (κ1) is 18.7. The molecule has 0 saturated heterocycles. The van der Waals surface area contributed by atoms with Crippen LogP contribution in [0.1, 0.15) is 29.2 Å². The highest BCUT2D eigenvalue weighted by molar-refractivity contribution is 5.88. The number of hydrogen-bond donors (Lipinski definition) is 1. The average Bonchev–Trinajstić information content (AvgIpc) is 2.59. The predicted octanol–water partition coefficient (Wildman–Crippen LogP) is 3.01. The van der Waals surface area contributed by atoms with E-state index >= 15 is 0 Å². The van der Waals surface area contributed by atoms with Gasteiger partial charge in [0.25, 0.3) is 0 Å². The van der Waals surface area contributed by atoms with Gasteiger partial charge in [-0.2, -0.15) is 0 Å². The first-order chi connectivity index (χ1) is 11.9. The normalized spacial score (nSPS) is 11.7. The lowest BCUT2D eigenvalue weighted by atomic mass is 10.1. The van der Waals surface area contributed by atoms with Crippen molar-refractivity contribution >= 4 is 11.8 Å². The fourth-order valence-corrected chi connectivity index (χ4v) is 2.78. The number of likely N-dealkylation sites (N-methyl/N-ethyl adjacent to an activating group) is 1. The van der Waals surface area contributed by atoms with Crippen LogP contribution in [-0.2, 0) is 22.6 Å². The molecule has 1 N–H and O–H groups in total. The summed E-state index contributed by atoms with van der Waals surface area (Å²) in [5.41, 5.74) is 4.26. The van der Waals surface area contributed by atoms with Gasteiger partial charge in [-0.1, -0.05) is 59.7 Å². The van der Waals surface area contributed by atoms with Crippen LogP contribution >= 0.6 is 0 Å². The summed E-state index contributed by atoms with van der Waals surface area (Å²) < 4.78 is 0. The van der Waals surface area contributed by atoms with Crippen molar-refractivity contribution in [1.82, 2.24) is 10.2 Å². The van der Waals surface area contributed by atoms with Crippen LogP contribution in [0.4, 0.5) is 0 Å². The average molecular weight is 338 g/mol. The Kier molecular flexibility index (Phi) is 6.34. The van der Waals surface area contributed by atoms with E-state index in [4.69, 9.17) is 0 Å². The molecular weight excluding hydrogens is 312 g/mol. The molecule has 0 aliphatic heterocycles. The second-order valence-corrected chi connectivity index (χ2v) is 6.46. The first-order valence-electron chi connectivity index (χ1n) is 8.53. The molecule has 0 aliphatic rings. The summed E-state index contributed by atoms with van der Waals surface area (Å²) >= 11 is 0. The predicted molar refractivity (Wildman–Crippen MR) is 100 cm³/mol. The Morgan fingerprint density at radius 1 is 1.00 bits per heavy atom. The maximum Gasteiger partial charge on any atom is 0.242 e. The van der Waals surface area contributed by atoms with Crippen LogP contribution in [0.5, 0.6) is 0 Å². The Morgan fingerprint density at radius 3 is 2.28 bits per heavy atom. The quantitative estimate of drug-likeness (QED) is 0.880. The number of aryl methyl sites for hydroxylation is 2. The van der Waals surface area contributed by atoms with Gasteiger partial charge in [0.15, 0.2) is 0 Å². The van der Waals surface area contributed by atoms with Gasteiger partial charge in [0.2, 0.25) is 11.8 Å². The monoisotopic (exact) mass is 338 g/mol. The number of nitrogens with zero attached hydrogens (tertiary/aromatic N) is 1. The molecule has 2 rings (SSSR count). The molecule has 0 aliphatic carbocycles. The summed E-state index contributed by atoms with van der Waals surface area (Å²) in [6.07, 6.45) is 0.287. The molecule has 25 heavy (non-hydrogen) atoms. The van der Waals surface area contributed by atoms with Crippen LogP contribution in [-0.4, -0.2) is 29.8 Å². The molecule has 0 fully saturated rings. The lowest BCUT2D eigenvalue weighted by Crippen LogP contribution is -2.47. The maximum atomic E-state index is 12.9. The zero-order valence-electron chi connectivity index (χ0n) is 15.4. The van der Waals surface area contributed by atoms with Gasteiger partial charge >= 0.3 is 0 Å². The van der Waals surface area contributed by atoms with Crippen LogP contribution in [0, 0.1) is 13.8 Å². The van der Waals surface area contributed by atoms with Crippen molar-refractivity contribution in [2.24, 2.45) is 0 Å². The molecule has 4 heteroatoms. The number of hydrogen-bond acceptors (Lipinski definition) is 2. The van der Waals surface area contributed by atoms with E-state index < -0.39 is 6.04 Å². The fraction of sp³-hybridized carbons (Fsp3) is 0.333. The molecule has 0 radical (unpaired) electrons. The lowest BCUT2D eigenvalue weighted by Gasteiger charge is -2.28. The molecular formula is C21H26N2O2. The third-order valence-electron chi connectivity index (χ3n) is 4.33. The van der Waals surface area contributed by atoms with Crippen LogP contribution in [0.3, 0.4) is 0 Å². The van der Waals surface area contributed by atoms with Crippen molar-refractivity contribution in [2.75, 3.05) is 7.05 Å². The molecule has 1 atom stereocenters. The minimum Gasteiger partial charge on any atom is -0.357 e. The summed E-state index contributed by atoms with van der Waals surface area (Å²) in [5.74, 6) is -0.216. The molecule has 2 aromatic carbocycles. The van der Waals surface area contributed by atoms with Crippen molar-refractivity contribution in [3.8, 4) is 0 Å². The Labute approximate surface area is 149 Å². The largest absolute Gasteiger partial charge is 0.357 e. The molecule has 2 aromatic rings. The molecule has 0 unspecified atom stereocenters. The number of rotatable bonds is 6. The van der Waals surface area contributed by atoms with Gasteiger partial charge in [-0.15, -0.1) is 0 Å². The molecule has 0 saturated carbocycles. The van der Waals surface area contributed by atoms with Crippen LogP contribution in [0.15, 0.2) is 48.5 Å². The van der Waals surface area contributed by atoms with Crippen LogP contribution in [0.2, 0.25) is 0 Å². The summed E-state index contributed by atoms with van der Waals surface area (Å²) in [7, 11) is 1.59. The minimum atomic E-state index is -0.524. The van der Waals surface area contributed by atoms with Crippen molar-refractivity contribution < 1.29 is 9.59 Å². The summed E-state index contributed by atoms with van der Waals surface area (Å²) in [4.78, 5) is 26.7. The van der Waals surface area contributed by atoms with Gasteiger partial charge < -0.3 is 10.2 Å². The fourth-order valence-electron chi connectivity index (χ4n) is 2.78. The minimum absolute atomic E-state index is 0.0534. The van der Waals surface area contributed by atoms with E-state index in [1.165, 1.54) is 5.56 Å². The Hall–Kier alpha value is -2.62. The van der Waals surface area contributed by atoms with E-state index in [1.807, 2.05) is 62.4 Å². The summed E-state index contributed by atoms with van der Waals surface area (Å²) in [5, 5.41) is 2.64. The number of amides is 2. The standard InChI is InChI=1S/C21H26N2O2/c1-15-8-10-18(11-9-15)14-23(17(3)21(25)22-4)20(24)13-19-7-5-6-16(2)12-19/h5-12,17H,13-14H2,1-4H3,(H,22,25)/t17-/m0/s1. The Morgan fingerprint density at radius 2 is 1.68 bits per heavy atom. The third-order valence-corrected chi connectivity index (χ3v) is 4.33. The van der Waals surface area contributed by atoms with Gasteiger partial charge in [-0.3, -0.25) is 9.59 Å². The second kappa shape index (κ2) is 8.47. The number of carbonyl (C=O) groups excluding carboxylic acids is 2. The van der Waals surface area contributed by atoms with Gasteiger partial charge in [0, 0.05) is 13.6 Å². The third kappa shape index (κ3) is 5.18. The summed E-state index contributed by atoms with van der Waals surface area (Å²) in [6.45, 7) is 6.21. The zero-order valence-corrected chi connectivity index (χ0v) is 15.4. The Balaban J connectivity index is 2.21. The summed E-state index contributed by atoms with van der Waals surface area (Å²) in [6, 6.07) is 15.4. The van der Waals surface area contributed by atoms with E-state index in [0.29, 0.717) is 6.54 Å². The smallest absolute Gasteiger partial charge is 0.242 e. The van der Waals surface area contributed by atoms with E-state index in [-0.39, 0.29) is 18.2 Å². The molecule has 0 heterocycles. The van der Waals surface area contributed by atoms with Crippen molar-refractivity contribution in [3.63, 3.8) is 0 Å². The highest BCUT2D eigenvalue weighted by Gasteiger charge is 2.25. The lowest BCUT2D eigenvalue weighted by molar-refractivity contribution is -0.139. The van der Waals surface area contributed by atoms with Crippen molar-refractivity contribution in [3.05, 3.63) is 70.8 Å². The maximum absolute atomic E-state index is 12.9. The highest BCUT2D eigenvalue weighted by atomic mass is 16.2. The molecule has 0 bridgehead atoms. The van der Waals surface area contributed by atoms with E-state index in [1.54, 1.807) is 18.9 Å². The van der Waals surface area contributed by atoms with Crippen molar-refractivity contribution in [2.45, 2.75) is 39.8 Å². The molecule has 2 amide bonds. The number of carbonyl (C=O) groups is 2. The SMILES string of the molecule is CNC(=O)[C@H](C)N(Cc1ccc(C)cc1)C(=O)Cc1cccc(C)c1. The van der Waals surface area contributed by atoms with E-state index in [9.17, 15) is 9.59 Å². The van der Waals surface area contributed by atoms with Crippen molar-refractivity contribution in [1.29, 1.82) is 0 Å². The zero-order chi connectivity index (χ0) is 18.4. The number of benzene rings is 2. The Bertz CT molecular complexity index is 738. The molecule has 0 aromatic heterocycles. The molecule has 132 valence electrons. The van der Waals surface area contributed by atoms with E-state index in [0.717, 1.165) is 16.7 Å². The number of nitrogens with one attached hydrogen (secondary N) is 1. The van der Waals surface area contributed by atoms with E-state index in [2.05, 4.69) is 5.32 Å². The van der Waals surface area contributed by atoms with Gasteiger partial charge in [0.1, 0.15) is 6.04 Å².